The summed E-state index contributed by atoms with van der Waals surface area (Å²) in [6.45, 7) is 0. The topological polar surface area (TPSA) is 81.5 Å². The molecule has 2 aromatic carbocycles. The number of benzene rings is 2. The van der Waals surface area contributed by atoms with E-state index in [0.717, 1.165) is 10.1 Å². The number of H-pyrrole nitrogens is 1. The third-order valence-corrected chi connectivity index (χ3v) is 4.17. The van der Waals surface area contributed by atoms with Gasteiger partial charge >= 0.3 is 0 Å². The molecule has 0 unspecified atom stereocenters. The van der Waals surface area contributed by atoms with Crippen LogP contribution in [0.3, 0.4) is 0 Å². The molecule has 2 heterocycles. The van der Waals surface area contributed by atoms with Crippen molar-refractivity contribution < 1.29 is 13.9 Å². The van der Waals surface area contributed by atoms with Crippen LogP contribution < -0.4 is 15.0 Å². The maximum atomic E-state index is 13.3. The molecule has 136 valence electrons. The third kappa shape index (κ3) is 2.91. The Labute approximate surface area is 152 Å². The lowest BCUT2D eigenvalue weighted by Crippen LogP contribution is -2.17. The normalized spacial score (nSPS) is 11.5. The van der Waals surface area contributed by atoms with Crippen LogP contribution in [-0.4, -0.2) is 35.1 Å². The molecule has 7 nitrogen and oxygen atoms in total. The van der Waals surface area contributed by atoms with E-state index in [2.05, 4.69) is 15.1 Å². The summed E-state index contributed by atoms with van der Waals surface area (Å²) in [5, 5.41) is 4.82. The quantitative estimate of drug-likeness (QED) is 0.563. The standard InChI is InChI=1S/C19H15FN4O3/c1-26-15-7-13-14(8-16(15)27-2)23-18-17(13)21-10-24(19(18)25)22-9-11-4-3-5-12(20)6-11/h3-10,23H,1-2H3. The van der Waals surface area contributed by atoms with E-state index in [1.807, 2.05) is 0 Å². The molecular weight excluding hydrogens is 351 g/mol. The summed E-state index contributed by atoms with van der Waals surface area (Å²) in [6.07, 6.45) is 2.72. The first-order valence-electron chi connectivity index (χ1n) is 8.05. The Hall–Kier alpha value is -3.68. The fraction of sp³-hybridized carbons (Fsp3) is 0.105. The van der Waals surface area contributed by atoms with Gasteiger partial charge in [0.1, 0.15) is 23.2 Å². The number of rotatable bonds is 4. The number of hydrogen-bond donors (Lipinski definition) is 1. The van der Waals surface area contributed by atoms with Crippen molar-refractivity contribution in [2.45, 2.75) is 0 Å². The molecule has 0 radical (unpaired) electrons. The number of aromatic nitrogens is 3. The second kappa shape index (κ2) is 6.56. The van der Waals surface area contributed by atoms with Crippen molar-refractivity contribution >= 4 is 28.2 Å². The van der Waals surface area contributed by atoms with E-state index in [1.54, 1.807) is 38.5 Å². The van der Waals surface area contributed by atoms with Gasteiger partial charge in [-0.2, -0.15) is 9.78 Å². The fourth-order valence-corrected chi connectivity index (χ4v) is 2.87. The van der Waals surface area contributed by atoms with Crippen molar-refractivity contribution in [2.75, 3.05) is 14.2 Å². The Morgan fingerprint density at radius 2 is 1.96 bits per heavy atom. The van der Waals surface area contributed by atoms with Crippen LogP contribution in [0, 0.1) is 5.82 Å². The zero-order chi connectivity index (χ0) is 19.0. The van der Waals surface area contributed by atoms with Gasteiger partial charge < -0.3 is 14.5 Å². The lowest BCUT2D eigenvalue weighted by Gasteiger charge is -2.06. The minimum atomic E-state index is -0.376. The van der Waals surface area contributed by atoms with Crippen LogP contribution in [0.1, 0.15) is 5.56 Å². The molecule has 0 bridgehead atoms. The van der Waals surface area contributed by atoms with Crippen molar-refractivity contribution in [3.8, 4) is 11.5 Å². The van der Waals surface area contributed by atoms with Crippen molar-refractivity contribution in [3.63, 3.8) is 0 Å². The van der Waals surface area contributed by atoms with Crippen molar-refractivity contribution in [1.29, 1.82) is 0 Å². The highest BCUT2D eigenvalue weighted by atomic mass is 19.1. The van der Waals surface area contributed by atoms with Crippen molar-refractivity contribution in [1.82, 2.24) is 14.6 Å². The van der Waals surface area contributed by atoms with E-state index in [0.29, 0.717) is 33.6 Å². The maximum absolute atomic E-state index is 13.3. The number of fused-ring (bicyclic) bond motifs is 3. The SMILES string of the molecule is COc1cc2[nH]c3c(=O)n(N=Cc4cccc(F)c4)cnc3c2cc1OC. The van der Waals surface area contributed by atoms with Gasteiger partial charge in [-0.1, -0.05) is 12.1 Å². The predicted molar refractivity (Wildman–Crippen MR) is 100 cm³/mol. The van der Waals surface area contributed by atoms with Gasteiger partial charge in [-0.15, -0.1) is 0 Å². The van der Waals surface area contributed by atoms with Crippen LogP contribution in [0.5, 0.6) is 11.5 Å². The van der Waals surface area contributed by atoms with Crippen LogP contribution >= 0.6 is 0 Å². The average Bonchev–Trinajstić information content (AvgIpc) is 3.04. The average molecular weight is 366 g/mol. The summed E-state index contributed by atoms with van der Waals surface area (Å²) in [5.41, 5.74) is 1.67. The molecule has 0 saturated heterocycles. The van der Waals surface area contributed by atoms with Crippen molar-refractivity contribution in [2.24, 2.45) is 5.10 Å². The minimum absolute atomic E-state index is 0.305. The first kappa shape index (κ1) is 16.8. The highest BCUT2D eigenvalue weighted by Crippen LogP contribution is 2.34. The van der Waals surface area contributed by atoms with Gasteiger partial charge in [-0.25, -0.2) is 9.37 Å². The fourth-order valence-electron chi connectivity index (χ4n) is 2.87. The summed E-state index contributed by atoms with van der Waals surface area (Å²) in [4.78, 5) is 20.1. The van der Waals surface area contributed by atoms with E-state index in [9.17, 15) is 9.18 Å². The Bertz CT molecular complexity index is 1240. The molecule has 0 spiro atoms. The second-order valence-electron chi connectivity index (χ2n) is 5.80. The zero-order valence-corrected chi connectivity index (χ0v) is 14.6. The zero-order valence-electron chi connectivity index (χ0n) is 14.6. The van der Waals surface area contributed by atoms with Crippen LogP contribution in [0.4, 0.5) is 4.39 Å². The monoisotopic (exact) mass is 366 g/mol. The first-order chi connectivity index (χ1) is 13.1. The van der Waals surface area contributed by atoms with Gasteiger partial charge in [0.05, 0.1) is 26.0 Å². The minimum Gasteiger partial charge on any atom is -0.493 e. The number of halogens is 1. The second-order valence-corrected chi connectivity index (χ2v) is 5.80. The van der Waals surface area contributed by atoms with Crippen molar-refractivity contribution in [3.05, 3.63) is 64.5 Å². The van der Waals surface area contributed by atoms with Crippen LogP contribution in [0.2, 0.25) is 0 Å². The Balaban J connectivity index is 1.84. The molecule has 0 atom stereocenters. The van der Waals surface area contributed by atoms with E-state index >= 15 is 0 Å². The van der Waals surface area contributed by atoms with Crippen LogP contribution in [-0.2, 0) is 0 Å². The Morgan fingerprint density at radius 1 is 1.19 bits per heavy atom. The number of aromatic amines is 1. The molecule has 0 aliphatic rings. The van der Waals surface area contributed by atoms with Crippen LogP contribution in [0.15, 0.2) is 52.6 Å². The van der Waals surface area contributed by atoms with Gasteiger partial charge in [-0.3, -0.25) is 4.79 Å². The third-order valence-electron chi connectivity index (χ3n) is 4.17. The maximum Gasteiger partial charge on any atom is 0.298 e. The molecule has 8 heteroatoms. The molecule has 0 fully saturated rings. The van der Waals surface area contributed by atoms with E-state index in [4.69, 9.17) is 9.47 Å². The van der Waals surface area contributed by atoms with Gasteiger partial charge in [-0.05, 0) is 23.8 Å². The Morgan fingerprint density at radius 3 is 2.70 bits per heavy atom. The van der Waals surface area contributed by atoms with Gasteiger partial charge in [0.15, 0.2) is 11.5 Å². The smallest absolute Gasteiger partial charge is 0.298 e. The molecule has 2 aromatic heterocycles. The van der Waals surface area contributed by atoms with Crippen LogP contribution in [0.25, 0.3) is 21.9 Å². The molecule has 27 heavy (non-hydrogen) atoms. The van der Waals surface area contributed by atoms with Gasteiger partial charge in [0.2, 0.25) is 0 Å². The molecule has 1 N–H and O–H groups in total. The highest BCUT2D eigenvalue weighted by molar-refractivity contribution is 6.05. The molecule has 0 aliphatic carbocycles. The summed E-state index contributed by atoms with van der Waals surface area (Å²) in [6, 6.07) is 9.42. The summed E-state index contributed by atoms with van der Waals surface area (Å²) >= 11 is 0. The highest BCUT2D eigenvalue weighted by Gasteiger charge is 2.14. The summed E-state index contributed by atoms with van der Waals surface area (Å²) < 4.78 is 24.9. The van der Waals surface area contributed by atoms with Gasteiger partial charge in [0, 0.05) is 11.5 Å². The van der Waals surface area contributed by atoms with E-state index in [1.165, 1.54) is 24.7 Å². The molecule has 4 rings (SSSR count). The lowest BCUT2D eigenvalue weighted by atomic mass is 10.2. The lowest BCUT2D eigenvalue weighted by molar-refractivity contribution is 0.356. The van der Waals surface area contributed by atoms with Gasteiger partial charge in [0.25, 0.3) is 5.56 Å². The molecule has 0 amide bonds. The number of nitrogens with zero attached hydrogens (tertiary/aromatic N) is 3. The summed E-state index contributed by atoms with van der Waals surface area (Å²) in [7, 11) is 3.08. The van der Waals surface area contributed by atoms with E-state index < -0.39 is 0 Å². The molecule has 4 aromatic rings. The molecular formula is C19H15FN4O3. The molecule has 0 saturated carbocycles. The number of hydrogen-bond acceptors (Lipinski definition) is 5. The first-order valence-corrected chi connectivity index (χ1v) is 8.05. The summed E-state index contributed by atoms with van der Waals surface area (Å²) in [5.74, 6) is 0.709. The predicted octanol–water partition coefficient (Wildman–Crippen LogP) is 2.92. The largest absolute Gasteiger partial charge is 0.493 e. The number of methoxy groups -OCH3 is 2. The number of ether oxygens (including phenoxy) is 2. The molecule has 0 aliphatic heterocycles. The Kier molecular flexibility index (Phi) is 4.08. The van der Waals surface area contributed by atoms with E-state index in [-0.39, 0.29) is 11.4 Å². The number of nitrogens with one attached hydrogen (secondary N) is 1.